The molecule has 0 unspecified atom stereocenters. The molecule has 1 N–H and O–H groups in total. The van der Waals surface area contributed by atoms with E-state index in [4.69, 9.17) is 4.74 Å². The van der Waals surface area contributed by atoms with Crippen LogP contribution >= 0.6 is 0 Å². The van der Waals surface area contributed by atoms with Crippen molar-refractivity contribution in [3.05, 3.63) is 24.3 Å². The Morgan fingerprint density at radius 1 is 1.13 bits per heavy atom. The maximum atomic E-state index is 12.6. The fraction of sp³-hybridized carbons (Fsp3) is 0.562. The van der Waals surface area contributed by atoms with Crippen LogP contribution in [0.2, 0.25) is 0 Å². The van der Waals surface area contributed by atoms with E-state index in [1.807, 2.05) is 0 Å². The van der Waals surface area contributed by atoms with Crippen LogP contribution < -0.4 is 10.1 Å². The number of nitrogens with zero attached hydrogens (tertiary/aromatic N) is 1. The van der Waals surface area contributed by atoms with Gasteiger partial charge in [0, 0.05) is 25.0 Å². The molecule has 1 saturated carbocycles. The Labute approximate surface area is 136 Å². The summed E-state index contributed by atoms with van der Waals surface area (Å²) in [6, 6.07) is 6.74. The Morgan fingerprint density at radius 2 is 1.74 bits per heavy atom. The van der Waals surface area contributed by atoms with E-state index in [2.05, 4.69) is 5.32 Å². The lowest BCUT2D eigenvalue weighted by Gasteiger charge is -2.30. The van der Waals surface area contributed by atoms with Gasteiger partial charge in [-0.05, 0) is 49.9 Å². The number of ether oxygens (including phenoxy) is 1. The van der Waals surface area contributed by atoms with E-state index in [0.29, 0.717) is 37.7 Å². The predicted octanol–water partition coefficient (Wildman–Crippen LogP) is 1.37. The van der Waals surface area contributed by atoms with E-state index in [1.54, 1.807) is 31.4 Å². The monoisotopic (exact) mass is 338 g/mol. The van der Waals surface area contributed by atoms with E-state index in [-0.39, 0.29) is 16.7 Å². The topological polar surface area (TPSA) is 75.7 Å². The first-order valence-corrected chi connectivity index (χ1v) is 9.39. The van der Waals surface area contributed by atoms with Crippen LogP contribution in [0.15, 0.2) is 29.2 Å². The second-order valence-electron chi connectivity index (χ2n) is 6.14. The molecule has 0 spiro atoms. The zero-order chi connectivity index (χ0) is 16.4. The third-order valence-electron chi connectivity index (χ3n) is 4.45. The minimum Gasteiger partial charge on any atom is -0.497 e. The van der Waals surface area contributed by atoms with Crippen LogP contribution in [0.5, 0.6) is 5.75 Å². The average Bonchev–Trinajstić information content (AvgIpc) is 3.39. The highest BCUT2D eigenvalue weighted by Gasteiger charge is 2.33. The number of piperidine rings is 1. The third-order valence-corrected chi connectivity index (χ3v) is 6.36. The summed E-state index contributed by atoms with van der Waals surface area (Å²) >= 11 is 0. The maximum absolute atomic E-state index is 12.6. The SMILES string of the molecule is COc1ccc(S(=O)(=O)N2CCC(C(=O)NC3CC3)CC2)cc1. The average molecular weight is 338 g/mol. The fourth-order valence-electron chi connectivity index (χ4n) is 2.80. The van der Waals surface area contributed by atoms with Crippen molar-refractivity contribution in [2.45, 2.75) is 36.6 Å². The summed E-state index contributed by atoms with van der Waals surface area (Å²) < 4.78 is 31.8. The first kappa shape index (κ1) is 16.3. The number of carbonyl (C=O) groups is 1. The molecule has 0 bridgehead atoms. The highest BCUT2D eigenvalue weighted by atomic mass is 32.2. The van der Waals surface area contributed by atoms with Crippen LogP contribution in [-0.2, 0) is 14.8 Å². The number of sulfonamides is 1. The van der Waals surface area contributed by atoms with Crippen molar-refractivity contribution < 1.29 is 17.9 Å². The Balaban J connectivity index is 1.62. The zero-order valence-electron chi connectivity index (χ0n) is 13.2. The summed E-state index contributed by atoms with van der Waals surface area (Å²) in [5.41, 5.74) is 0. The van der Waals surface area contributed by atoms with Crippen molar-refractivity contribution in [2.24, 2.45) is 5.92 Å². The van der Waals surface area contributed by atoms with Gasteiger partial charge in [0.2, 0.25) is 15.9 Å². The molecule has 1 aromatic carbocycles. The zero-order valence-corrected chi connectivity index (χ0v) is 14.0. The van der Waals surface area contributed by atoms with Crippen LogP contribution in [-0.4, -0.2) is 44.9 Å². The van der Waals surface area contributed by atoms with Crippen LogP contribution in [0.4, 0.5) is 0 Å². The smallest absolute Gasteiger partial charge is 0.243 e. The van der Waals surface area contributed by atoms with Gasteiger partial charge in [0.15, 0.2) is 0 Å². The van der Waals surface area contributed by atoms with Gasteiger partial charge in [0.05, 0.1) is 12.0 Å². The van der Waals surface area contributed by atoms with E-state index in [9.17, 15) is 13.2 Å². The molecule has 1 aliphatic heterocycles. The molecule has 23 heavy (non-hydrogen) atoms. The van der Waals surface area contributed by atoms with Crippen molar-refractivity contribution in [2.75, 3.05) is 20.2 Å². The van der Waals surface area contributed by atoms with Gasteiger partial charge < -0.3 is 10.1 Å². The number of amides is 1. The molecule has 0 aromatic heterocycles. The molecule has 1 heterocycles. The number of carbonyl (C=O) groups excluding carboxylic acids is 1. The lowest BCUT2D eigenvalue weighted by molar-refractivity contribution is -0.126. The molecule has 1 saturated heterocycles. The molecule has 1 aromatic rings. The van der Waals surface area contributed by atoms with Crippen molar-refractivity contribution in [1.82, 2.24) is 9.62 Å². The summed E-state index contributed by atoms with van der Waals surface area (Å²) in [7, 11) is -1.96. The van der Waals surface area contributed by atoms with E-state index >= 15 is 0 Å². The molecule has 2 aliphatic rings. The van der Waals surface area contributed by atoms with Gasteiger partial charge in [-0.15, -0.1) is 0 Å². The summed E-state index contributed by atoms with van der Waals surface area (Å²) in [5, 5.41) is 3.00. The first-order chi connectivity index (χ1) is 11.0. The molecule has 2 fully saturated rings. The minimum absolute atomic E-state index is 0.0714. The predicted molar refractivity (Wildman–Crippen MR) is 85.6 cm³/mol. The van der Waals surface area contributed by atoms with E-state index in [1.165, 1.54) is 4.31 Å². The Kier molecular flexibility index (Phi) is 4.59. The molecule has 1 amide bonds. The quantitative estimate of drug-likeness (QED) is 0.880. The molecule has 0 radical (unpaired) electrons. The molecule has 126 valence electrons. The lowest BCUT2D eigenvalue weighted by Crippen LogP contribution is -2.43. The van der Waals surface area contributed by atoms with Crippen molar-refractivity contribution in [1.29, 1.82) is 0 Å². The van der Waals surface area contributed by atoms with Gasteiger partial charge in [-0.1, -0.05) is 0 Å². The Morgan fingerprint density at radius 3 is 2.26 bits per heavy atom. The van der Waals surface area contributed by atoms with Gasteiger partial charge in [-0.3, -0.25) is 4.79 Å². The normalized spacial score (nSPS) is 20.2. The van der Waals surface area contributed by atoms with E-state index in [0.717, 1.165) is 12.8 Å². The van der Waals surface area contributed by atoms with Gasteiger partial charge in [0.25, 0.3) is 0 Å². The minimum atomic E-state index is -3.50. The lowest BCUT2D eigenvalue weighted by atomic mass is 9.97. The van der Waals surface area contributed by atoms with Crippen LogP contribution in [0, 0.1) is 5.92 Å². The standard InChI is InChI=1S/C16H22N2O4S/c1-22-14-4-6-15(7-5-14)23(20,21)18-10-8-12(9-11-18)16(19)17-13-2-3-13/h4-7,12-13H,2-3,8-11H2,1H3,(H,17,19). The molecule has 3 rings (SSSR count). The van der Waals surface area contributed by atoms with E-state index < -0.39 is 10.0 Å². The van der Waals surface area contributed by atoms with Crippen LogP contribution in [0.3, 0.4) is 0 Å². The number of rotatable bonds is 5. The first-order valence-electron chi connectivity index (χ1n) is 7.95. The summed E-state index contributed by atoms with van der Waals surface area (Å²) in [4.78, 5) is 12.3. The summed E-state index contributed by atoms with van der Waals surface area (Å²) in [6.45, 7) is 0.772. The van der Waals surface area contributed by atoms with Crippen molar-refractivity contribution in [3.63, 3.8) is 0 Å². The largest absolute Gasteiger partial charge is 0.497 e. The summed E-state index contributed by atoms with van der Waals surface area (Å²) in [6.07, 6.45) is 3.29. The molecular weight excluding hydrogens is 316 g/mol. The van der Waals surface area contributed by atoms with Crippen molar-refractivity contribution in [3.8, 4) is 5.75 Å². The number of hydrogen-bond acceptors (Lipinski definition) is 4. The number of methoxy groups -OCH3 is 1. The molecule has 7 heteroatoms. The molecule has 0 atom stereocenters. The Bertz CT molecular complexity index is 660. The second-order valence-corrected chi connectivity index (χ2v) is 8.07. The highest BCUT2D eigenvalue weighted by Crippen LogP contribution is 2.26. The third kappa shape index (κ3) is 3.67. The maximum Gasteiger partial charge on any atom is 0.243 e. The molecule has 6 nitrogen and oxygen atoms in total. The van der Waals surface area contributed by atoms with Gasteiger partial charge in [-0.2, -0.15) is 4.31 Å². The highest BCUT2D eigenvalue weighted by molar-refractivity contribution is 7.89. The van der Waals surface area contributed by atoms with Gasteiger partial charge in [0.1, 0.15) is 5.75 Å². The second kappa shape index (κ2) is 6.49. The number of nitrogens with one attached hydrogen (secondary N) is 1. The fourth-order valence-corrected chi connectivity index (χ4v) is 4.27. The molecular formula is C16H22N2O4S. The van der Waals surface area contributed by atoms with Gasteiger partial charge >= 0.3 is 0 Å². The molecule has 1 aliphatic carbocycles. The number of benzene rings is 1. The van der Waals surface area contributed by atoms with Crippen LogP contribution in [0.1, 0.15) is 25.7 Å². The number of hydrogen-bond donors (Lipinski definition) is 1. The Hall–Kier alpha value is -1.60. The van der Waals surface area contributed by atoms with Crippen LogP contribution in [0.25, 0.3) is 0 Å². The van der Waals surface area contributed by atoms with Crippen molar-refractivity contribution >= 4 is 15.9 Å². The summed E-state index contributed by atoms with van der Waals surface area (Å²) in [5.74, 6) is 0.631. The van der Waals surface area contributed by atoms with Gasteiger partial charge in [-0.25, -0.2) is 8.42 Å².